The van der Waals surface area contributed by atoms with Crippen molar-refractivity contribution in [2.45, 2.75) is 17.9 Å². The van der Waals surface area contributed by atoms with Crippen molar-refractivity contribution in [1.29, 1.82) is 0 Å². The van der Waals surface area contributed by atoms with Crippen molar-refractivity contribution in [1.82, 2.24) is 14.8 Å². The summed E-state index contributed by atoms with van der Waals surface area (Å²) in [5.41, 5.74) is 0.297. The number of hydrogen-bond donors (Lipinski definition) is 0. The van der Waals surface area contributed by atoms with Crippen LogP contribution in [0.4, 0.5) is 14.5 Å². The van der Waals surface area contributed by atoms with Crippen molar-refractivity contribution < 1.29 is 31.4 Å². The van der Waals surface area contributed by atoms with Crippen LogP contribution in [0.25, 0.3) is 0 Å². The average Bonchev–Trinajstić information content (AvgIpc) is 3.44. The van der Waals surface area contributed by atoms with Crippen molar-refractivity contribution in [2.75, 3.05) is 32.2 Å². The lowest BCUT2D eigenvalue weighted by molar-refractivity contribution is 0.354. The number of sulfonamides is 1. The Morgan fingerprint density at radius 2 is 1.58 bits per heavy atom. The molecule has 4 rings (SSSR count). The second-order valence-corrected chi connectivity index (χ2v) is 9.96. The van der Waals surface area contributed by atoms with Gasteiger partial charge in [-0.25, -0.2) is 22.2 Å². The minimum atomic E-state index is -4.26. The highest BCUT2D eigenvalue weighted by Gasteiger charge is 2.31. The molecule has 4 aromatic rings. The molecule has 0 unspecified atom stereocenters. The van der Waals surface area contributed by atoms with Gasteiger partial charge in [-0.2, -0.15) is 5.10 Å². The third kappa shape index (κ3) is 5.40. The van der Waals surface area contributed by atoms with Crippen molar-refractivity contribution >= 4 is 15.7 Å². The maximum atomic E-state index is 14.6. The smallest absolute Gasteiger partial charge is 0.264 e. The van der Waals surface area contributed by atoms with Crippen LogP contribution in [0.15, 0.2) is 72.1 Å². The van der Waals surface area contributed by atoms with Crippen LogP contribution in [0.3, 0.4) is 0 Å². The van der Waals surface area contributed by atoms with E-state index in [1.807, 2.05) is 0 Å². The number of benzene rings is 3. The van der Waals surface area contributed by atoms with E-state index in [4.69, 9.17) is 14.2 Å². The highest BCUT2D eigenvalue weighted by atomic mass is 32.2. The van der Waals surface area contributed by atoms with E-state index < -0.39 is 21.7 Å². The van der Waals surface area contributed by atoms with E-state index in [0.29, 0.717) is 11.3 Å². The van der Waals surface area contributed by atoms with Gasteiger partial charge >= 0.3 is 0 Å². The highest BCUT2D eigenvalue weighted by Crippen LogP contribution is 2.39. The SMILES string of the molecule is COc1ccc(S(=O)(=O)N(CCn2cncn2)c2c(Cc3c(F)cccc3F)cccc2OC)cc1OC. The molecule has 38 heavy (non-hydrogen) atoms. The lowest BCUT2D eigenvalue weighted by atomic mass is 10.0. The second-order valence-electron chi connectivity index (χ2n) is 8.10. The topological polar surface area (TPSA) is 95.8 Å². The van der Waals surface area contributed by atoms with Gasteiger partial charge < -0.3 is 14.2 Å². The van der Waals surface area contributed by atoms with Gasteiger partial charge in [-0.05, 0) is 35.9 Å². The first-order valence-corrected chi connectivity index (χ1v) is 12.9. The Balaban J connectivity index is 1.88. The Morgan fingerprint density at radius 1 is 0.895 bits per heavy atom. The fraction of sp³-hybridized carbons (Fsp3) is 0.231. The van der Waals surface area contributed by atoms with Crippen molar-refractivity contribution in [3.8, 4) is 17.2 Å². The van der Waals surface area contributed by atoms with Gasteiger partial charge in [0.05, 0.1) is 45.0 Å². The van der Waals surface area contributed by atoms with Gasteiger partial charge in [0.2, 0.25) is 0 Å². The van der Waals surface area contributed by atoms with Gasteiger partial charge in [0.15, 0.2) is 11.5 Å². The van der Waals surface area contributed by atoms with Crippen LogP contribution in [-0.4, -0.2) is 51.1 Å². The van der Waals surface area contributed by atoms with E-state index in [0.717, 1.165) is 16.4 Å². The van der Waals surface area contributed by atoms with Crippen LogP contribution in [0, 0.1) is 11.6 Å². The summed E-state index contributed by atoms with van der Waals surface area (Å²) >= 11 is 0. The minimum Gasteiger partial charge on any atom is -0.495 e. The zero-order valence-electron chi connectivity index (χ0n) is 21.0. The molecule has 0 saturated carbocycles. The molecule has 0 aliphatic rings. The van der Waals surface area contributed by atoms with Gasteiger partial charge in [-0.15, -0.1) is 0 Å². The zero-order valence-corrected chi connectivity index (χ0v) is 21.8. The molecule has 12 heteroatoms. The number of ether oxygens (including phenoxy) is 3. The van der Waals surface area contributed by atoms with E-state index in [9.17, 15) is 17.2 Å². The molecule has 0 saturated heterocycles. The third-order valence-electron chi connectivity index (χ3n) is 5.92. The molecule has 0 atom stereocenters. The van der Waals surface area contributed by atoms with Gasteiger partial charge in [0, 0.05) is 18.1 Å². The Bertz CT molecular complexity index is 1490. The summed E-state index contributed by atoms with van der Waals surface area (Å²) in [6.45, 7) is 0.0469. The molecule has 1 aromatic heterocycles. The van der Waals surface area contributed by atoms with E-state index in [2.05, 4.69) is 10.1 Å². The molecule has 0 fully saturated rings. The summed E-state index contributed by atoms with van der Waals surface area (Å²) in [5.74, 6) is -0.694. The molecule has 3 aromatic carbocycles. The monoisotopic (exact) mass is 544 g/mol. The van der Waals surface area contributed by atoms with Crippen molar-refractivity contribution in [3.63, 3.8) is 0 Å². The number of methoxy groups -OCH3 is 3. The molecule has 0 N–H and O–H groups in total. The fourth-order valence-corrected chi connectivity index (χ4v) is 5.57. The van der Waals surface area contributed by atoms with Crippen LogP contribution in [0.5, 0.6) is 17.2 Å². The quantitative estimate of drug-likeness (QED) is 0.281. The number of halogens is 2. The van der Waals surface area contributed by atoms with Crippen molar-refractivity contribution in [3.05, 3.63) is 90.0 Å². The number of rotatable bonds is 11. The van der Waals surface area contributed by atoms with Crippen LogP contribution >= 0.6 is 0 Å². The van der Waals surface area contributed by atoms with Crippen LogP contribution in [0.1, 0.15) is 11.1 Å². The number of aromatic nitrogens is 3. The lowest BCUT2D eigenvalue weighted by Gasteiger charge is -2.28. The molecule has 0 spiro atoms. The molecule has 0 radical (unpaired) electrons. The second kappa shape index (κ2) is 11.5. The number of anilines is 1. The predicted molar refractivity (Wildman–Crippen MR) is 136 cm³/mol. The number of para-hydroxylation sites is 1. The summed E-state index contributed by atoms with van der Waals surface area (Å²) in [7, 11) is -0.0253. The van der Waals surface area contributed by atoms with Crippen LogP contribution < -0.4 is 18.5 Å². The maximum Gasteiger partial charge on any atom is 0.264 e. The van der Waals surface area contributed by atoms with Gasteiger partial charge in [0.25, 0.3) is 10.0 Å². The first kappa shape index (κ1) is 26.9. The van der Waals surface area contributed by atoms with Crippen LogP contribution in [0.2, 0.25) is 0 Å². The van der Waals surface area contributed by atoms with E-state index in [-0.39, 0.29) is 47.2 Å². The normalized spacial score (nSPS) is 11.3. The standard InChI is InChI=1S/C26H26F2N4O5S/c1-35-23-11-10-19(15-25(23)37-3)38(33,34)32(13-12-31-17-29-16-30-31)26-18(6-4-9-24(26)36-2)14-20-21(27)7-5-8-22(20)28/h4-11,15-17H,12-14H2,1-3H3. The Hall–Kier alpha value is -4.19. The Morgan fingerprint density at radius 3 is 2.21 bits per heavy atom. The Kier molecular flexibility index (Phi) is 8.10. The van der Waals surface area contributed by atoms with Crippen molar-refractivity contribution in [2.24, 2.45) is 0 Å². The molecule has 0 amide bonds. The molecule has 9 nitrogen and oxygen atoms in total. The first-order valence-electron chi connectivity index (χ1n) is 11.5. The minimum absolute atomic E-state index is 0.0809. The van der Waals surface area contributed by atoms with Gasteiger partial charge in [0.1, 0.15) is 30.0 Å². The Labute approximate surface area is 219 Å². The zero-order chi connectivity index (χ0) is 27.3. The predicted octanol–water partition coefficient (Wildman–Crippen LogP) is 4.07. The summed E-state index contributed by atoms with van der Waals surface area (Å²) in [6, 6.07) is 12.6. The largest absolute Gasteiger partial charge is 0.495 e. The molecule has 0 bridgehead atoms. The average molecular weight is 545 g/mol. The fourth-order valence-electron chi connectivity index (χ4n) is 4.05. The number of nitrogens with zero attached hydrogens (tertiary/aromatic N) is 4. The van der Waals surface area contributed by atoms with E-state index in [1.54, 1.807) is 18.2 Å². The highest BCUT2D eigenvalue weighted by molar-refractivity contribution is 7.92. The number of hydrogen-bond acceptors (Lipinski definition) is 7. The molecule has 1 heterocycles. The van der Waals surface area contributed by atoms with Crippen LogP contribution in [-0.2, 0) is 23.0 Å². The molecule has 0 aliphatic heterocycles. The third-order valence-corrected chi connectivity index (χ3v) is 7.72. The van der Waals surface area contributed by atoms with Gasteiger partial charge in [-0.1, -0.05) is 18.2 Å². The summed E-state index contributed by atoms with van der Waals surface area (Å²) in [5, 5.41) is 4.06. The van der Waals surface area contributed by atoms with E-state index in [1.165, 1.54) is 62.9 Å². The molecular weight excluding hydrogens is 518 g/mol. The molecule has 0 aliphatic carbocycles. The summed E-state index contributed by atoms with van der Waals surface area (Å²) in [4.78, 5) is 3.83. The molecular formula is C26H26F2N4O5S. The molecule has 200 valence electrons. The van der Waals surface area contributed by atoms with E-state index >= 15 is 0 Å². The summed E-state index contributed by atoms with van der Waals surface area (Å²) < 4.78 is 76.2. The lowest BCUT2D eigenvalue weighted by Crippen LogP contribution is -2.35. The summed E-state index contributed by atoms with van der Waals surface area (Å²) in [6.07, 6.45) is 2.58. The first-order chi connectivity index (χ1) is 18.3. The van der Waals surface area contributed by atoms with Gasteiger partial charge in [-0.3, -0.25) is 8.99 Å². The maximum absolute atomic E-state index is 14.6.